The number of H-pyrrole nitrogens is 1. The van der Waals surface area contributed by atoms with E-state index < -0.39 is 5.56 Å². The molecular formula is C19H13Cl2N5O. The van der Waals surface area contributed by atoms with E-state index in [9.17, 15) is 10.1 Å². The second-order valence-electron chi connectivity index (χ2n) is 5.61. The molecule has 0 saturated heterocycles. The molecule has 0 unspecified atom stereocenters. The van der Waals surface area contributed by atoms with Gasteiger partial charge in [0.15, 0.2) is 0 Å². The molecule has 3 rings (SSSR count). The number of benzene rings is 2. The van der Waals surface area contributed by atoms with E-state index >= 15 is 0 Å². The van der Waals surface area contributed by atoms with Crippen LogP contribution in [-0.4, -0.2) is 16.2 Å². The van der Waals surface area contributed by atoms with Crippen molar-refractivity contribution in [3.8, 4) is 17.3 Å². The lowest BCUT2D eigenvalue weighted by molar-refractivity contribution is 1.08. The number of aromatic nitrogens is 2. The van der Waals surface area contributed by atoms with Crippen molar-refractivity contribution in [3.05, 3.63) is 79.6 Å². The summed E-state index contributed by atoms with van der Waals surface area (Å²) in [5, 5.41) is 14.4. The molecule has 27 heavy (non-hydrogen) atoms. The van der Waals surface area contributed by atoms with Gasteiger partial charge in [0.1, 0.15) is 11.6 Å². The summed E-state index contributed by atoms with van der Waals surface area (Å²) in [6.45, 7) is 1.84. The van der Waals surface area contributed by atoms with E-state index in [2.05, 4.69) is 20.5 Å². The first-order valence-electron chi connectivity index (χ1n) is 7.84. The molecule has 134 valence electrons. The fraction of sp³-hybridized carbons (Fsp3) is 0.0526. The number of anilines is 1. The average Bonchev–Trinajstić information content (AvgIpc) is 2.66. The maximum atomic E-state index is 12.2. The van der Waals surface area contributed by atoms with Crippen LogP contribution in [-0.2, 0) is 0 Å². The van der Waals surface area contributed by atoms with E-state index in [4.69, 9.17) is 23.2 Å². The standard InChI is InChI=1S/C19H13Cl2N5O/c1-11-7-14(20)8-13(16(11)21)10-23-26-19-24-17(12-5-3-2-4-6-12)15(9-22)18(27)25-19/h2-8,10H,1H3,(H2,24,25,26,27). The highest BCUT2D eigenvalue weighted by atomic mass is 35.5. The molecule has 2 N–H and O–H groups in total. The molecular weight excluding hydrogens is 385 g/mol. The van der Waals surface area contributed by atoms with Crippen LogP contribution in [0.2, 0.25) is 10.0 Å². The fourth-order valence-electron chi connectivity index (χ4n) is 2.44. The van der Waals surface area contributed by atoms with E-state index in [1.807, 2.05) is 19.1 Å². The molecule has 0 amide bonds. The number of hydrazone groups is 1. The first-order valence-corrected chi connectivity index (χ1v) is 8.59. The molecule has 8 heteroatoms. The number of nitrogens with zero attached hydrogens (tertiary/aromatic N) is 3. The Labute approximate surface area is 165 Å². The normalized spacial score (nSPS) is 10.7. The van der Waals surface area contributed by atoms with Crippen LogP contribution in [0.3, 0.4) is 0 Å². The molecule has 0 aliphatic heterocycles. The lowest BCUT2D eigenvalue weighted by Crippen LogP contribution is -2.16. The zero-order chi connectivity index (χ0) is 19.4. The molecule has 0 radical (unpaired) electrons. The minimum Gasteiger partial charge on any atom is -0.290 e. The van der Waals surface area contributed by atoms with Crippen molar-refractivity contribution in [2.24, 2.45) is 5.10 Å². The summed E-state index contributed by atoms with van der Waals surface area (Å²) in [5.41, 5.74) is 4.40. The highest BCUT2D eigenvalue weighted by Crippen LogP contribution is 2.24. The Morgan fingerprint density at radius 3 is 2.70 bits per heavy atom. The number of aromatic amines is 1. The first kappa shape index (κ1) is 18.6. The molecule has 0 aliphatic rings. The molecule has 1 heterocycles. The van der Waals surface area contributed by atoms with Gasteiger partial charge >= 0.3 is 0 Å². The quantitative estimate of drug-likeness (QED) is 0.504. The Kier molecular flexibility index (Phi) is 5.55. The van der Waals surface area contributed by atoms with Gasteiger partial charge in [-0.05, 0) is 24.6 Å². The topological polar surface area (TPSA) is 93.9 Å². The largest absolute Gasteiger partial charge is 0.290 e. The molecule has 0 saturated carbocycles. The van der Waals surface area contributed by atoms with Gasteiger partial charge in [-0.25, -0.2) is 10.4 Å². The van der Waals surface area contributed by atoms with Crippen LogP contribution >= 0.6 is 23.2 Å². The van der Waals surface area contributed by atoms with Gasteiger partial charge < -0.3 is 0 Å². The van der Waals surface area contributed by atoms with Crippen LogP contribution in [0.4, 0.5) is 5.95 Å². The number of rotatable bonds is 4. The van der Waals surface area contributed by atoms with Crippen molar-refractivity contribution < 1.29 is 0 Å². The smallest absolute Gasteiger partial charge is 0.270 e. The van der Waals surface area contributed by atoms with E-state index in [0.717, 1.165) is 5.56 Å². The predicted molar refractivity (Wildman–Crippen MR) is 107 cm³/mol. The van der Waals surface area contributed by atoms with E-state index in [1.165, 1.54) is 6.21 Å². The number of aryl methyl sites for hydroxylation is 1. The molecule has 0 spiro atoms. The van der Waals surface area contributed by atoms with Crippen LogP contribution in [0.5, 0.6) is 0 Å². The van der Waals surface area contributed by atoms with Gasteiger partial charge in [-0.2, -0.15) is 10.4 Å². The van der Waals surface area contributed by atoms with Gasteiger partial charge in [-0.1, -0.05) is 53.5 Å². The zero-order valence-corrected chi connectivity index (χ0v) is 15.6. The third kappa shape index (κ3) is 4.17. The number of hydrogen-bond donors (Lipinski definition) is 2. The molecule has 3 aromatic rings. The summed E-state index contributed by atoms with van der Waals surface area (Å²) in [6.07, 6.45) is 1.47. The molecule has 0 aliphatic carbocycles. The Bertz CT molecular complexity index is 1120. The molecule has 0 fully saturated rings. The average molecular weight is 398 g/mol. The highest BCUT2D eigenvalue weighted by molar-refractivity contribution is 6.35. The summed E-state index contributed by atoms with van der Waals surface area (Å²) < 4.78 is 0. The van der Waals surface area contributed by atoms with Gasteiger partial charge in [-0.3, -0.25) is 9.78 Å². The minimum atomic E-state index is -0.555. The van der Waals surface area contributed by atoms with Crippen molar-refractivity contribution in [3.63, 3.8) is 0 Å². The maximum absolute atomic E-state index is 12.2. The molecule has 0 atom stereocenters. The van der Waals surface area contributed by atoms with Crippen molar-refractivity contribution in [1.29, 1.82) is 5.26 Å². The molecule has 2 aromatic carbocycles. The monoisotopic (exact) mass is 397 g/mol. The van der Waals surface area contributed by atoms with Crippen molar-refractivity contribution in [1.82, 2.24) is 9.97 Å². The lowest BCUT2D eigenvalue weighted by atomic mass is 10.1. The van der Waals surface area contributed by atoms with Gasteiger partial charge in [0, 0.05) is 16.1 Å². The van der Waals surface area contributed by atoms with Crippen molar-refractivity contribution >= 4 is 35.4 Å². The number of halogens is 2. The molecule has 0 bridgehead atoms. The number of nitriles is 1. The van der Waals surface area contributed by atoms with Crippen LogP contribution in [0.1, 0.15) is 16.7 Å². The van der Waals surface area contributed by atoms with E-state index in [-0.39, 0.29) is 17.2 Å². The highest BCUT2D eigenvalue weighted by Gasteiger charge is 2.12. The Morgan fingerprint density at radius 1 is 1.26 bits per heavy atom. The number of nitrogens with one attached hydrogen (secondary N) is 2. The summed E-state index contributed by atoms with van der Waals surface area (Å²) in [7, 11) is 0. The van der Waals surface area contributed by atoms with Crippen LogP contribution < -0.4 is 11.0 Å². The summed E-state index contributed by atoms with van der Waals surface area (Å²) >= 11 is 12.3. The molecule has 1 aromatic heterocycles. The Balaban J connectivity index is 1.94. The predicted octanol–water partition coefficient (Wildman–Crippen LogP) is 4.37. The third-order valence-electron chi connectivity index (χ3n) is 3.70. The maximum Gasteiger partial charge on any atom is 0.270 e. The van der Waals surface area contributed by atoms with Crippen LogP contribution in [0, 0.1) is 18.3 Å². The van der Waals surface area contributed by atoms with Crippen LogP contribution in [0.25, 0.3) is 11.3 Å². The van der Waals surface area contributed by atoms with Crippen LogP contribution in [0.15, 0.2) is 52.4 Å². The van der Waals surface area contributed by atoms with Crippen molar-refractivity contribution in [2.45, 2.75) is 6.92 Å². The molecule has 6 nitrogen and oxygen atoms in total. The zero-order valence-electron chi connectivity index (χ0n) is 14.1. The Morgan fingerprint density at radius 2 is 2.00 bits per heavy atom. The summed E-state index contributed by atoms with van der Waals surface area (Å²) in [4.78, 5) is 19.0. The number of hydrogen-bond acceptors (Lipinski definition) is 5. The van der Waals surface area contributed by atoms with E-state index in [0.29, 0.717) is 21.2 Å². The van der Waals surface area contributed by atoms with Gasteiger partial charge in [-0.15, -0.1) is 0 Å². The third-order valence-corrected chi connectivity index (χ3v) is 4.43. The second kappa shape index (κ2) is 8.04. The lowest BCUT2D eigenvalue weighted by Gasteiger charge is -2.06. The van der Waals surface area contributed by atoms with Gasteiger partial charge in [0.2, 0.25) is 5.95 Å². The fourth-order valence-corrected chi connectivity index (χ4v) is 2.88. The van der Waals surface area contributed by atoms with Gasteiger partial charge in [0.25, 0.3) is 5.56 Å². The Hall–Kier alpha value is -3.14. The van der Waals surface area contributed by atoms with Crippen molar-refractivity contribution in [2.75, 3.05) is 5.43 Å². The second-order valence-corrected chi connectivity index (χ2v) is 6.43. The minimum absolute atomic E-state index is 0.0655. The summed E-state index contributed by atoms with van der Waals surface area (Å²) in [6, 6.07) is 14.3. The van der Waals surface area contributed by atoms with E-state index in [1.54, 1.807) is 36.4 Å². The summed E-state index contributed by atoms with van der Waals surface area (Å²) in [5.74, 6) is 0.101. The SMILES string of the molecule is Cc1cc(Cl)cc(C=NNc2nc(-c3ccccc3)c(C#N)c(=O)[nH]2)c1Cl. The first-order chi connectivity index (χ1) is 13.0. The van der Waals surface area contributed by atoms with Gasteiger partial charge in [0.05, 0.1) is 16.9 Å².